The molecule has 2 aromatic heterocycles. The molecule has 0 saturated carbocycles. The summed E-state index contributed by atoms with van der Waals surface area (Å²) in [5.41, 5.74) is 4.23. The lowest BCUT2D eigenvalue weighted by atomic mass is 10.0. The normalized spacial score (nSPS) is 11.8. The first-order chi connectivity index (χ1) is 16.0. The first-order valence-electron chi connectivity index (χ1n) is 10.9. The van der Waals surface area contributed by atoms with Gasteiger partial charge in [0.1, 0.15) is 18.4 Å². The van der Waals surface area contributed by atoms with E-state index in [1.54, 1.807) is 6.07 Å². The lowest BCUT2D eigenvalue weighted by Gasteiger charge is -2.18. The minimum Gasteiger partial charge on any atom is -0.492 e. The Labute approximate surface area is 197 Å². The maximum absolute atomic E-state index is 13.0. The number of aryl methyl sites for hydroxylation is 2. The number of hydrogen-bond donors (Lipinski definition) is 3. The third-order valence-electron chi connectivity index (χ3n) is 5.33. The predicted molar refractivity (Wildman–Crippen MR) is 132 cm³/mol. The third-order valence-corrected chi connectivity index (χ3v) is 6.20. The number of ether oxygens (including phenoxy) is 1. The summed E-state index contributed by atoms with van der Waals surface area (Å²) in [6.07, 6.45) is 2.27. The van der Waals surface area contributed by atoms with E-state index in [1.807, 2.05) is 67.9 Å². The van der Waals surface area contributed by atoms with E-state index in [2.05, 4.69) is 21.7 Å². The van der Waals surface area contributed by atoms with Crippen LogP contribution in [0, 0.1) is 13.8 Å². The maximum atomic E-state index is 13.0. The van der Waals surface area contributed by atoms with Crippen LogP contribution in [0.15, 0.2) is 66.2 Å². The second kappa shape index (κ2) is 10.4. The van der Waals surface area contributed by atoms with Gasteiger partial charge in [-0.25, -0.2) is 0 Å². The van der Waals surface area contributed by atoms with Crippen molar-refractivity contribution in [2.24, 2.45) is 0 Å². The summed E-state index contributed by atoms with van der Waals surface area (Å²) in [7, 11) is 0. The zero-order valence-electron chi connectivity index (χ0n) is 18.7. The van der Waals surface area contributed by atoms with Crippen LogP contribution in [0.25, 0.3) is 10.9 Å². The molecule has 0 aliphatic heterocycles. The summed E-state index contributed by atoms with van der Waals surface area (Å²) in [5, 5.41) is 8.69. The molecule has 0 saturated heterocycles. The second-order valence-corrected chi connectivity index (χ2v) is 8.98. The average Bonchev–Trinajstić information content (AvgIpc) is 3.46. The van der Waals surface area contributed by atoms with Gasteiger partial charge in [0.2, 0.25) is 5.91 Å². The number of carbonyl (C=O) groups is 2. The minimum absolute atomic E-state index is 0.241. The van der Waals surface area contributed by atoms with Crippen molar-refractivity contribution in [2.45, 2.75) is 26.3 Å². The number of rotatable bonds is 9. The first-order valence-corrected chi connectivity index (χ1v) is 11.8. The molecule has 2 aromatic carbocycles. The summed E-state index contributed by atoms with van der Waals surface area (Å²) < 4.78 is 5.80. The number of carbonyl (C=O) groups excluding carboxylic acids is 2. The molecule has 2 heterocycles. The van der Waals surface area contributed by atoms with E-state index in [4.69, 9.17) is 4.74 Å². The Balaban J connectivity index is 1.41. The molecule has 4 rings (SSSR count). The molecule has 0 bridgehead atoms. The fourth-order valence-corrected chi connectivity index (χ4v) is 4.48. The number of nitrogens with one attached hydrogen (secondary N) is 3. The average molecular weight is 462 g/mol. The van der Waals surface area contributed by atoms with Crippen molar-refractivity contribution in [2.75, 3.05) is 13.2 Å². The van der Waals surface area contributed by atoms with Gasteiger partial charge in [0.15, 0.2) is 0 Å². The zero-order chi connectivity index (χ0) is 23.2. The SMILES string of the molecule is Cc1cc(C)cc(OCCNC(=O)C(Cc2c[nH]c3ccccc23)NC(=O)c2cccs2)c1. The third kappa shape index (κ3) is 5.81. The van der Waals surface area contributed by atoms with Gasteiger partial charge in [-0.1, -0.05) is 30.3 Å². The molecule has 7 heteroatoms. The Hall–Kier alpha value is -3.58. The lowest BCUT2D eigenvalue weighted by molar-refractivity contribution is -0.123. The number of amides is 2. The number of benzene rings is 2. The molecule has 3 N–H and O–H groups in total. The van der Waals surface area contributed by atoms with E-state index < -0.39 is 6.04 Å². The molecule has 2 amide bonds. The molecule has 0 aliphatic carbocycles. The number of thiophene rings is 1. The number of aromatic nitrogens is 1. The number of hydrogen-bond acceptors (Lipinski definition) is 4. The highest BCUT2D eigenvalue weighted by Gasteiger charge is 2.23. The van der Waals surface area contributed by atoms with Crippen LogP contribution in [0.5, 0.6) is 5.75 Å². The number of fused-ring (bicyclic) bond motifs is 1. The minimum atomic E-state index is -0.708. The van der Waals surface area contributed by atoms with E-state index in [1.165, 1.54) is 11.3 Å². The monoisotopic (exact) mass is 461 g/mol. The van der Waals surface area contributed by atoms with E-state index >= 15 is 0 Å². The van der Waals surface area contributed by atoms with Gasteiger partial charge in [-0.05, 0) is 60.2 Å². The Morgan fingerprint density at radius 2 is 1.85 bits per heavy atom. The van der Waals surface area contributed by atoms with Crippen LogP contribution >= 0.6 is 11.3 Å². The topological polar surface area (TPSA) is 83.2 Å². The van der Waals surface area contributed by atoms with Crippen LogP contribution in [0.2, 0.25) is 0 Å². The van der Waals surface area contributed by atoms with E-state index in [0.29, 0.717) is 24.4 Å². The maximum Gasteiger partial charge on any atom is 0.262 e. The van der Waals surface area contributed by atoms with Crippen LogP contribution in [0.1, 0.15) is 26.4 Å². The first kappa shape index (κ1) is 22.6. The summed E-state index contributed by atoms with van der Waals surface area (Å²) >= 11 is 1.35. The summed E-state index contributed by atoms with van der Waals surface area (Å²) in [5.74, 6) is 0.286. The van der Waals surface area contributed by atoms with Gasteiger partial charge in [-0.2, -0.15) is 0 Å². The van der Waals surface area contributed by atoms with Crippen molar-refractivity contribution in [1.29, 1.82) is 0 Å². The molecule has 0 radical (unpaired) electrons. The van der Waals surface area contributed by atoms with Crippen LogP contribution in [-0.2, 0) is 11.2 Å². The van der Waals surface area contributed by atoms with Gasteiger partial charge in [-0.3, -0.25) is 9.59 Å². The highest BCUT2D eigenvalue weighted by molar-refractivity contribution is 7.12. The Kier molecular flexibility index (Phi) is 7.10. The second-order valence-electron chi connectivity index (χ2n) is 8.03. The molecule has 6 nitrogen and oxygen atoms in total. The summed E-state index contributed by atoms with van der Waals surface area (Å²) in [4.78, 5) is 29.5. The standard InChI is InChI=1S/C26H27N3O3S/c1-17-12-18(2)14-20(13-17)32-10-9-27-25(30)23(29-26(31)24-8-5-11-33-24)15-19-16-28-22-7-4-3-6-21(19)22/h3-8,11-14,16,23,28H,9-10,15H2,1-2H3,(H,27,30)(H,29,31). The quantitative estimate of drug-likeness (QED) is 0.324. The van der Waals surface area contributed by atoms with Crippen molar-refractivity contribution >= 4 is 34.1 Å². The Morgan fingerprint density at radius 3 is 2.61 bits per heavy atom. The number of aromatic amines is 1. The Morgan fingerprint density at radius 1 is 1.06 bits per heavy atom. The molecule has 1 unspecified atom stereocenters. The van der Waals surface area contributed by atoms with E-state index in [-0.39, 0.29) is 11.8 Å². The molecule has 33 heavy (non-hydrogen) atoms. The van der Waals surface area contributed by atoms with Gasteiger partial charge < -0.3 is 20.4 Å². The molecule has 0 spiro atoms. The van der Waals surface area contributed by atoms with Crippen LogP contribution < -0.4 is 15.4 Å². The van der Waals surface area contributed by atoms with Crippen LogP contribution in [-0.4, -0.2) is 36.0 Å². The van der Waals surface area contributed by atoms with Gasteiger partial charge >= 0.3 is 0 Å². The molecule has 1 atom stereocenters. The van der Waals surface area contributed by atoms with Crippen molar-refractivity contribution < 1.29 is 14.3 Å². The number of H-pyrrole nitrogens is 1. The van der Waals surface area contributed by atoms with Crippen LogP contribution in [0.4, 0.5) is 0 Å². The van der Waals surface area contributed by atoms with Gasteiger partial charge in [0, 0.05) is 23.5 Å². The fourth-order valence-electron chi connectivity index (χ4n) is 3.85. The molecule has 0 fully saturated rings. The smallest absolute Gasteiger partial charge is 0.262 e. The highest BCUT2D eigenvalue weighted by Crippen LogP contribution is 2.20. The van der Waals surface area contributed by atoms with Crippen LogP contribution in [0.3, 0.4) is 0 Å². The van der Waals surface area contributed by atoms with Gasteiger partial charge in [0.25, 0.3) is 5.91 Å². The molecule has 4 aromatic rings. The molecule has 170 valence electrons. The van der Waals surface area contributed by atoms with Gasteiger partial charge in [0.05, 0.1) is 11.4 Å². The van der Waals surface area contributed by atoms with Gasteiger partial charge in [-0.15, -0.1) is 11.3 Å². The zero-order valence-corrected chi connectivity index (χ0v) is 19.5. The van der Waals surface area contributed by atoms with Crippen molar-refractivity contribution in [1.82, 2.24) is 15.6 Å². The van der Waals surface area contributed by atoms with Crippen molar-refractivity contribution in [3.05, 3.63) is 87.7 Å². The Bertz CT molecular complexity index is 1230. The summed E-state index contributed by atoms with van der Waals surface area (Å²) in [6.45, 7) is 4.72. The van der Waals surface area contributed by atoms with E-state index in [9.17, 15) is 9.59 Å². The predicted octanol–water partition coefficient (Wildman–Crippen LogP) is 4.38. The summed E-state index contributed by atoms with van der Waals surface area (Å²) in [6, 6.07) is 16.8. The molecular formula is C26H27N3O3S. The van der Waals surface area contributed by atoms with Crippen molar-refractivity contribution in [3.8, 4) is 5.75 Å². The number of para-hydroxylation sites is 1. The van der Waals surface area contributed by atoms with E-state index in [0.717, 1.165) is 33.3 Å². The highest BCUT2D eigenvalue weighted by atomic mass is 32.1. The molecule has 0 aliphatic rings. The molecular weight excluding hydrogens is 434 g/mol. The fraction of sp³-hybridized carbons (Fsp3) is 0.231. The lowest BCUT2D eigenvalue weighted by Crippen LogP contribution is -2.48. The van der Waals surface area contributed by atoms with Crippen molar-refractivity contribution in [3.63, 3.8) is 0 Å². The largest absolute Gasteiger partial charge is 0.492 e.